The molecule has 22 heavy (non-hydrogen) atoms. The number of ether oxygens (including phenoxy) is 1. The van der Waals surface area contributed by atoms with Gasteiger partial charge >= 0.3 is 0 Å². The van der Waals surface area contributed by atoms with E-state index in [0.29, 0.717) is 18.9 Å². The Hall–Kier alpha value is -0.900. The van der Waals surface area contributed by atoms with Crippen molar-refractivity contribution in [3.8, 4) is 0 Å². The molecular formula is C14H28IN5O2. The maximum absolute atomic E-state index is 5.20. The van der Waals surface area contributed by atoms with Gasteiger partial charge in [0.1, 0.15) is 0 Å². The summed E-state index contributed by atoms with van der Waals surface area (Å²) in [5, 5.41) is 10.4. The number of aromatic nitrogens is 2. The highest BCUT2D eigenvalue weighted by Crippen LogP contribution is 2.09. The standard InChI is InChI=1S/C14H27N5O2.HI/c1-5-15-14(16-8-6-10-20-4)17-9-7-12-18-13(11(2)3)19-21-12;/h11H,5-10H2,1-4H3,(H2,15,16,17);1H. The van der Waals surface area contributed by atoms with Gasteiger partial charge in [0.15, 0.2) is 11.8 Å². The quantitative estimate of drug-likeness (QED) is 0.272. The van der Waals surface area contributed by atoms with Gasteiger partial charge in [0.25, 0.3) is 0 Å². The van der Waals surface area contributed by atoms with Crippen molar-refractivity contribution in [1.29, 1.82) is 0 Å². The maximum atomic E-state index is 5.20. The fraction of sp³-hybridized carbons (Fsp3) is 0.786. The number of nitrogens with zero attached hydrogens (tertiary/aromatic N) is 3. The van der Waals surface area contributed by atoms with Crippen LogP contribution < -0.4 is 10.6 Å². The third kappa shape index (κ3) is 8.52. The number of halogens is 1. The van der Waals surface area contributed by atoms with E-state index in [4.69, 9.17) is 9.26 Å². The molecule has 0 radical (unpaired) electrons. The summed E-state index contributed by atoms with van der Waals surface area (Å²) in [6, 6.07) is 0. The summed E-state index contributed by atoms with van der Waals surface area (Å²) in [6.07, 6.45) is 1.59. The molecule has 2 N–H and O–H groups in total. The zero-order chi connectivity index (χ0) is 15.5. The van der Waals surface area contributed by atoms with Crippen LogP contribution in [0.25, 0.3) is 0 Å². The average molecular weight is 425 g/mol. The van der Waals surface area contributed by atoms with E-state index in [1.165, 1.54) is 0 Å². The van der Waals surface area contributed by atoms with E-state index in [2.05, 4.69) is 25.8 Å². The Labute approximate surface area is 149 Å². The first-order valence-corrected chi connectivity index (χ1v) is 7.51. The normalized spacial score (nSPS) is 11.4. The van der Waals surface area contributed by atoms with Crippen molar-refractivity contribution in [2.45, 2.75) is 39.5 Å². The lowest BCUT2D eigenvalue weighted by molar-refractivity contribution is 0.197. The highest BCUT2D eigenvalue weighted by molar-refractivity contribution is 14.0. The van der Waals surface area contributed by atoms with Crippen LogP contribution in [-0.2, 0) is 11.2 Å². The maximum Gasteiger partial charge on any atom is 0.228 e. The van der Waals surface area contributed by atoms with Crippen molar-refractivity contribution in [2.24, 2.45) is 4.99 Å². The summed E-state index contributed by atoms with van der Waals surface area (Å²) < 4.78 is 10.2. The largest absolute Gasteiger partial charge is 0.385 e. The number of guanidine groups is 1. The van der Waals surface area contributed by atoms with E-state index < -0.39 is 0 Å². The third-order valence-corrected chi connectivity index (χ3v) is 2.75. The lowest BCUT2D eigenvalue weighted by atomic mass is 10.2. The second kappa shape index (κ2) is 12.6. The van der Waals surface area contributed by atoms with Gasteiger partial charge in [-0.05, 0) is 13.3 Å². The molecule has 0 unspecified atom stereocenters. The van der Waals surface area contributed by atoms with Crippen LogP contribution in [-0.4, -0.2) is 49.5 Å². The number of hydrogen-bond acceptors (Lipinski definition) is 5. The Morgan fingerprint density at radius 3 is 2.73 bits per heavy atom. The summed E-state index contributed by atoms with van der Waals surface area (Å²) in [4.78, 5) is 8.81. The van der Waals surface area contributed by atoms with E-state index in [1.807, 2.05) is 20.8 Å². The van der Waals surface area contributed by atoms with E-state index in [1.54, 1.807) is 7.11 Å². The molecule has 128 valence electrons. The van der Waals surface area contributed by atoms with Crippen LogP contribution in [0.15, 0.2) is 9.52 Å². The van der Waals surface area contributed by atoms with Crippen molar-refractivity contribution in [2.75, 3.05) is 33.4 Å². The Kier molecular flexibility index (Phi) is 12.1. The Balaban J connectivity index is 0.00000441. The molecule has 1 rings (SSSR count). The molecule has 0 atom stereocenters. The average Bonchev–Trinajstić information content (AvgIpc) is 2.92. The van der Waals surface area contributed by atoms with Gasteiger partial charge in [-0.15, -0.1) is 24.0 Å². The Morgan fingerprint density at radius 1 is 1.36 bits per heavy atom. The zero-order valence-corrected chi connectivity index (χ0v) is 16.2. The molecular weight excluding hydrogens is 397 g/mol. The molecule has 1 aromatic rings. The molecule has 1 aromatic heterocycles. The van der Waals surface area contributed by atoms with E-state index >= 15 is 0 Å². The molecule has 0 aliphatic carbocycles. The molecule has 1 heterocycles. The molecule has 8 heteroatoms. The molecule has 0 spiro atoms. The first kappa shape index (κ1) is 21.1. The molecule has 0 bridgehead atoms. The fourth-order valence-electron chi connectivity index (χ4n) is 1.63. The highest BCUT2D eigenvalue weighted by atomic mass is 127. The molecule has 0 saturated heterocycles. The molecule has 0 saturated carbocycles. The van der Waals surface area contributed by atoms with Gasteiger partial charge in [0.2, 0.25) is 5.89 Å². The third-order valence-electron chi connectivity index (χ3n) is 2.75. The molecule has 0 aromatic carbocycles. The van der Waals surface area contributed by atoms with Crippen LogP contribution >= 0.6 is 24.0 Å². The topological polar surface area (TPSA) is 84.6 Å². The van der Waals surface area contributed by atoms with Crippen LogP contribution in [0.2, 0.25) is 0 Å². The number of aliphatic imine (C=N–C) groups is 1. The predicted octanol–water partition coefficient (Wildman–Crippen LogP) is 1.95. The second-order valence-corrected chi connectivity index (χ2v) is 4.98. The first-order chi connectivity index (χ1) is 10.2. The minimum atomic E-state index is 0. The fourth-order valence-corrected chi connectivity index (χ4v) is 1.63. The number of hydrogen-bond donors (Lipinski definition) is 2. The molecule has 0 fully saturated rings. The van der Waals surface area contributed by atoms with Crippen molar-refractivity contribution >= 4 is 29.9 Å². The van der Waals surface area contributed by atoms with Crippen LogP contribution in [0.3, 0.4) is 0 Å². The Morgan fingerprint density at radius 2 is 2.14 bits per heavy atom. The van der Waals surface area contributed by atoms with E-state index in [9.17, 15) is 0 Å². The van der Waals surface area contributed by atoms with Crippen molar-refractivity contribution in [3.63, 3.8) is 0 Å². The second-order valence-electron chi connectivity index (χ2n) is 4.98. The van der Waals surface area contributed by atoms with Crippen LogP contribution in [0, 0.1) is 0 Å². The van der Waals surface area contributed by atoms with Gasteiger partial charge < -0.3 is 19.9 Å². The zero-order valence-electron chi connectivity index (χ0n) is 13.9. The summed E-state index contributed by atoms with van der Waals surface area (Å²) in [5.74, 6) is 2.50. The van der Waals surface area contributed by atoms with Crippen LogP contribution in [0.1, 0.15) is 44.8 Å². The SMILES string of the molecule is CCNC(=NCCCOC)NCCc1nc(C(C)C)no1.I. The van der Waals surface area contributed by atoms with Gasteiger partial charge in [-0.2, -0.15) is 4.98 Å². The van der Waals surface area contributed by atoms with Gasteiger partial charge in [0, 0.05) is 45.7 Å². The van der Waals surface area contributed by atoms with Crippen molar-refractivity contribution in [3.05, 3.63) is 11.7 Å². The van der Waals surface area contributed by atoms with E-state index in [0.717, 1.165) is 37.9 Å². The summed E-state index contributed by atoms with van der Waals surface area (Å²) in [5.41, 5.74) is 0. The lowest BCUT2D eigenvalue weighted by Gasteiger charge is -2.10. The summed E-state index contributed by atoms with van der Waals surface area (Å²) in [7, 11) is 1.70. The molecule has 0 amide bonds. The van der Waals surface area contributed by atoms with Crippen molar-refractivity contribution < 1.29 is 9.26 Å². The smallest absolute Gasteiger partial charge is 0.228 e. The number of nitrogens with one attached hydrogen (secondary N) is 2. The lowest BCUT2D eigenvalue weighted by Crippen LogP contribution is -2.38. The highest BCUT2D eigenvalue weighted by Gasteiger charge is 2.09. The number of rotatable bonds is 9. The van der Waals surface area contributed by atoms with E-state index in [-0.39, 0.29) is 29.9 Å². The first-order valence-electron chi connectivity index (χ1n) is 7.51. The minimum Gasteiger partial charge on any atom is -0.385 e. The molecule has 0 aliphatic heterocycles. The summed E-state index contributed by atoms with van der Waals surface area (Å²) >= 11 is 0. The minimum absolute atomic E-state index is 0. The van der Waals surface area contributed by atoms with Gasteiger partial charge in [0.05, 0.1) is 0 Å². The van der Waals surface area contributed by atoms with Crippen molar-refractivity contribution in [1.82, 2.24) is 20.8 Å². The monoisotopic (exact) mass is 425 g/mol. The number of methoxy groups -OCH3 is 1. The van der Waals surface area contributed by atoms with Gasteiger partial charge in [-0.25, -0.2) is 0 Å². The predicted molar refractivity (Wildman–Crippen MR) is 98.0 cm³/mol. The van der Waals surface area contributed by atoms with Crippen LogP contribution in [0.4, 0.5) is 0 Å². The van der Waals surface area contributed by atoms with Gasteiger partial charge in [-0.3, -0.25) is 4.99 Å². The van der Waals surface area contributed by atoms with Gasteiger partial charge in [-0.1, -0.05) is 19.0 Å². The Bertz CT molecular complexity index is 423. The molecule has 0 aliphatic rings. The van der Waals surface area contributed by atoms with Crippen LogP contribution in [0.5, 0.6) is 0 Å². The molecule has 7 nitrogen and oxygen atoms in total. The summed E-state index contributed by atoms with van der Waals surface area (Å²) in [6.45, 7) is 9.12.